The summed E-state index contributed by atoms with van der Waals surface area (Å²) in [4.78, 5) is 14.2. The minimum absolute atomic E-state index is 0.110. The second-order valence-corrected chi connectivity index (χ2v) is 6.31. The van der Waals surface area contributed by atoms with Crippen LogP contribution in [-0.2, 0) is 11.3 Å². The Morgan fingerprint density at radius 2 is 1.96 bits per heavy atom. The Kier molecular flexibility index (Phi) is 6.04. The van der Waals surface area contributed by atoms with Gasteiger partial charge in [0.05, 0.1) is 26.8 Å². The van der Waals surface area contributed by atoms with Crippen molar-refractivity contribution < 1.29 is 14.3 Å². The number of methoxy groups -OCH3 is 2. The van der Waals surface area contributed by atoms with Crippen LogP contribution in [0.1, 0.15) is 31.2 Å². The first kappa shape index (κ1) is 18.1. The fraction of sp³-hybridized carbons (Fsp3) is 0.556. The number of rotatable bonds is 7. The van der Waals surface area contributed by atoms with Gasteiger partial charge in [0.2, 0.25) is 5.91 Å². The number of carbonyl (C=O) groups excluding carboxylic acids is 1. The summed E-state index contributed by atoms with van der Waals surface area (Å²) in [6, 6.07) is 7.98. The molecule has 2 rings (SSSR count). The van der Waals surface area contributed by atoms with Crippen molar-refractivity contribution in [2.45, 2.75) is 37.8 Å². The van der Waals surface area contributed by atoms with Crippen molar-refractivity contribution in [2.75, 3.05) is 27.8 Å². The maximum absolute atomic E-state index is 12.2. The first-order valence-corrected chi connectivity index (χ1v) is 8.13. The zero-order valence-corrected chi connectivity index (χ0v) is 14.6. The van der Waals surface area contributed by atoms with E-state index in [0.29, 0.717) is 18.0 Å². The molecule has 1 saturated carbocycles. The van der Waals surface area contributed by atoms with Crippen molar-refractivity contribution in [1.29, 1.82) is 5.26 Å². The molecule has 0 heterocycles. The summed E-state index contributed by atoms with van der Waals surface area (Å²) in [6.07, 6.45) is 3.48. The molecular weight excluding hydrogens is 306 g/mol. The van der Waals surface area contributed by atoms with Crippen LogP contribution in [-0.4, -0.2) is 44.2 Å². The molecule has 6 heteroatoms. The first-order chi connectivity index (χ1) is 11.5. The van der Waals surface area contributed by atoms with E-state index in [4.69, 9.17) is 9.47 Å². The lowest BCUT2D eigenvalue weighted by Gasteiger charge is -2.24. The molecule has 1 amide bonds. The molecule has 0 unspecified atom stereocenters. The monoisotopic (exact) mass is 331 g/mol. The van der Waals surface area contributed by atoms with Crippen LogP contribution in [0.15, 0.2) is 18.2 Å². The molecule has 24 heavy (non-hydrogen) atoms. The largest absolute Gasteiger partial charge is 0.493 e. The van der Waals surface area contributed by atoms with Gasteiger partial charge >= 0.3 is 0 Å². The number of nitrogens with zero attached hydrogens (tertiary/aromatic N) is 2. The highest BCUT2D eigenvalue weighted by atomic mass is 16.5. The highest BCUT2D eigenvalue weighted by Crippen LogP contribution is 2.29. The molecule has 0 radical (unpaired) electrons. The van der Waals surface area contributed by atoms with Crippen molar-refractivity contribution in [3.05, 3.63) is 23.8 Å². The number of nitriles is 1. The Morgan fingerprint density at radius 1 is 1.29 bits per heavy atom. The van der Waals surface area contributed by atoms with E-state index in [9.17, 15) is 10.1 Å². The van der Waals surface area contributed by atoms with E-state index in [0.717, 1.165) is 31.2 Å². The predicted octanol–water partition coefficient (Wildman–Crippen LogP) is 2.09. The van der Waals surface area contributed by atoms with Gasteiger partial charge < -0.3 is 14.8 Å². The van der Waals surface area contributed by atoms with Crippen LogP contribution in [0.2, 0.25) is 0 Å². The molecule has 0 aromatic heterocycles. The summed E-state index contributed by atoms with van der Waals surface area (Å²) >= 11 is 0. The van der Waals surface area contributed by atoms with Crippen LogP contribution in [0.3, 0.4) is 0 Å². The van der Waals surface area contributed by atoms with Crippen molar-refractivity contribution >= 4 is 5.91 Å². The molecule has 1 aliphatic rings. The van der Waals surface area contributed by atoms with Gasteiger partial charge in [-0.3, -0.25) is 9.69 Å². The number of hydrogen-bond donors (Lipinski definition) is 1. The number of likely N-dealkylation sites (N-methyl/N-ethyl adjacent to an activating group) is 1. The average Bonchev–Trinajstić information content (AvgIpc) is 3.03. The Hall–Kier alpha value is -2.26. The lowest BCUT2D eigenvalue weighted by atomic mass is 10.00. The molecule has 0 saturated heterocycles. The van der Waals surface area contributed by atoms with Crippen molar-refractivity contribution in [2.24, 2.45) is 0 Å². The molecule has 0 aliphatic heterocycles. The lowest BCUT2D eigenvalue weighted by Crippen LogP contribution is -2.48. The summed E-state index contributed by atoms with van der Waals surface area (Å²) in [6.45, 7) is 0.852. The number of nitrogens with one attached hydrogen (secondary N) is 1. The van der Waals surface area contributed by atoms with Gasteiger partial charge in [-0.1, -0.05) is 6.07 Å². The van der Waals surface area contributed by atoms with Gasteiger partial charge in [0.25, 0.3) is 0 Å². The van der Waals surface area contributed by atoms with Crippen LogP contribution >= 0.6 is 0 Å². The first-order valence-electron chi connectivity index (χ1n) is 8.13. The van der Waals surface area contributed by atoms with Gasteiger partial charge in [0.1, 0.15) is 5.54 Å². The summed E-state index contributed by atoms with van der Waals surface area (Å²) < 4.78 is 10.5. The summed E-state index contributed by atoms with van der Waals surface area (Å²) in [5.74, 6) is 1.24. The van der Waals surface area contributed by atoms with Crippen molar-refractivity contribution in [1.82, 2.24) is 10.2 Å². The van der Waals surface area contributed by atoms with Gasteiger partial charge in [-0.05, 0) is 50.4 Å². The Labute approximate surface area is 143 Å². The third kappa shape index (κ3) is 4.39. The highest BCUT2D eigenvalue weighted by molar-refractivity contribution is 5.79. The van der Waals surface area contributed by atoms with E-state index in [1.54, 1.807) is 14.2 Å². The topological polar surface area (TPSA) is 74.6 Å². The summed E-state index contributed by atoms with van der Waals surface area (Å²) in [7, 11) is 5.08. The maximum Gasteiger partial charge on any atom is 0.235 e. The summed E-state index contributed by atoms with van der Waals surface area (Å²) in [5, 5.41) is 12.3. The fourth-order valence-corrected chi connectivity index (χ4v) is 3.14. The predicted molar refractivity (Wildman–Crippen MR) is 90.8 cm³/mol. The third-order valence-corrected chi connectivity index (χ3v) is 4.36. The van der Waals surface area contributed by atoms with Gasteiger partial charge in [0, 0.05) is 6.54 Å². The normalized spacial score (nSPS) is 15.8. The molecule has 0 spiro atoms. The van der Waals surface area contributed by atoms with Crippen molar-refractivity contribution in [3.63, 3.8) is 0 Å². The van der Waals surface area contributed by atoms with Crippen LogP contribution in [0.5, 0.6) is 11.5 Å². The molecule has 6 nitrogen and oxygen atoms in total. The third-order valence-electron chi connectivity index (χ3n) is 4.36. The molecule has 1 aromatic carbocycles. The van der Waals surface area contributed by atoms with Gasteiger partial charge in [-0.2, -0.15) is 5.26 Å². The number of hydrogen-bond acceptors (Lipinski definition) is 5. The van der Waals surface area contributed by atoms with Crippen LogP contribution in [0.4, 0.5) is 0 Å². The van der Waals surface area contributed by atoms with E-state index in [2.05, 4.69) is 11.4 Å². The Morgan fingerprint density at radius 3 is 2.54 bits per heavy atom. The van der Waals surface area contributed by atoms with E-state index < -0.39 is 5.54 Å². The van der Waals surface area contributed by atoms with Gasteiger partial charge in [-0.25, -0.2) is 0 Å². The second kappa shape index (κ2) is 8.02. The van der Waals surface area contributed by atoms with E-state index in [1.165, 1.54) is 0 Å². The van der Waals surface area contributed by atoms with Crippen LogP contribution in [0, 0.1) is 11.3 Å². The van der Waals surface area contributed by atoms with Gasteiger partial charge in [-0.15, -0.1) is 0 Å². The van der Waals surface area contributed by atoms with Gasteiger partial charge in [0.15, 0.2) is 11.5 Å². The Bertz CT molecular complexity index is 618. The number of benzene rings is 1. The SMILES string of the molecule is COc1ccc(CN(C)CC(=O)NC2(C#N)CCCC2)cc1OC. The van der Waals surface area contributed by atoms with E-state index in [-0.39, 0.29) is 12.5 Å². The average molecular weight is 331 g/mol. The molecule has 0 bridgehead atoms. The van der Waals surface area contributed by atoms with Crippen LogP contribution < -0.4 is 14.8 Å². The van der Waals surface area contributed by atoms with Crippen LogP contribution in [0.25, 0.3) is 0 Å². The fourth-order valence-electron chi connectivity index (χ4n) is 3.14. The standard InChI is InChI=1S/C18H25N3O3/c1-21(11-14-6-7-15(23-2)16(10-14)24-3)12-17(22)20-18(13-19)8-4-5-9-18/h6-7,10H,4-5,8-9,11-12H2,1-3H3,(H,20,22). The molecule has 0 atom stereocenters. The number of carbonyl (C=O) groups is 1. The molecule has 1 aromatic rings. The molecule has 130 valence electrons. The number of ether oxygens (including phenoxy) is 2. The quantitative estimate of drug-likeness (QED) is 0.828. The molecule has 1 aliphatic carbocycles. The molecular formula is C18H25N3O3. The minimum atomic E-state index is -0.665. The highest BCUT2D eigenvalue weighted by Gasteiger charge is 2.35. The molecule has 1 fully saturated rings. The zero-order chi connectivity index (χ0) is 17.6. The Balaban J connectivity index is 1.92. The van der Waals surface area contributed by atoms with E-state index in [1.807, 2.05) is 30.1 Å². The molecule has 1 N–H and O–H groups in total. The maximum atomic E-state index is 12.2. The minimum Gasteiger partial charge on any atom is -0.493 e. The smallest absolute Gasteiger partial charge is 0.235 e. The zero-order valence-electron chi connectivity index (χ0n) is 14.6. The summed E-state index contributed by atoms with van der Waals surface area (Å²) in [5.41, 5.74) is 0.361. The lowest BCUT2D eigenvalue weighted by molar-refractivity contribution is -0.123. The van der Waals surface area contributed by atoms with Crippen molar-refractivity contribution in [3.8, 4) is 17.6 Å². The second-order valence-electron chi connectivity index (χ2n) is 6.31. The van der Waals surface area contributed by atoms with E-state index >= 15 is 0 Å². The number of amides is 1.